The van der Waals surface area contributed by atoms with E-state index in [4.69, 9.17) is 24.6 Å². The molecule has 1 fully saturated rings. The molecule has 0 aliphatic carbocycles. The minimum Gasteiger partial charge on any atom is -0.396 e. The number of aliphatic hydroxyl groups is 3. The number of aliphatic hydroxyl groups excluding tert-OH is 3. The van der Waals surface area contributed by atoms with Crippen molar-refractivity contribution in [3.63, 3.8) is 0 Å². The van der Waals surface area contributed by atoms with Crippen LogP contribution in [0.3, 0.4) is 0 Å². The molecule has 0 bridgehead atoms. The lowest BCUT2D eigenvalue weighted by Crippen LogP contribution is -2.46. The highest BCUT2D eigenvalue weighted by molar-refractivity contribution is 8.13. The van der Waals surface area contributed by atoms with Crippen LogP contribution in [-0.4, -0.2) is 134 Å². The van der Waals surface area contributed by atoms with Crippen LogP contribution in [-0.2, 0) is 50.7 Å². The number of phosphoric ester groups is 3. The molecule has 11 N–H and O–H groups in total. The molecule has 2 unspecified atom stereocenters. The number of imidazole rings is 1. The van der Waals surface area contributed by atoms with E-state index in [1.165, 1.54) is 20.8 Å². The van der Waals surface area contributed by atoms with Crippen molar-refractivity contribution in [1.82, 2.24) is 30.2 Å². The Labute approximate surface area is 324 Å². The molecule has 320 valence electrons. The van der Waals surface area contributed by atoms with Crippen LogP contribution >= 0.6 is 35.2 Å². The predicted octanol–water partition coefficient (Wildman–Crippen LogP) is -0.537. The molecule has 29 heteroatoms. The molecule has 7 atom stereocenters. The second-order valence-electron chi connectivity index (χ2n) is 12.5. The third-order valence-corrected chi connectivity index (χ3v) is 11.2. The number of ether oxygens (including phenoxy) is 1. The second kappa shape index (κ2) is 22.0. The summed E-state index contributed by atoms with van der Waals surface area (Å²) in [4.78, 5) is 85.9. The van der Waals surface area contributed by atoms with Crippen molar-refractivity contribution in [2.24, 2.45) is 5.41 Å². The van der Waals surface area contributed by atoms with Crippen LogP contribution in [0.1, 0.15) is 53.2 Å². The Morgan fingerprint density at radius 3 is 2.32 bits per heavy atom. The van der Waals surface area contributed by atoms with Gasteiger partial charge in [-0.25, -0.2) is 28.6 Å². The summed E-state index contributed by atoms with van der Waals surface area (Å²) >= 11 is 1.03. The SMILES string of the molecule is CC(=O)SCCNC(=O)CCNC(=O)[C@H](O)C(C)(C)COP(=O)(O)OP(=O)(O)OC[C@H]1O[C@@H](n2cnc3c(N)ncnc32)[C@H](O)[C@@H]1OP(=O)(O)O.CCCCO. The molecule has 1 aliphatic heterocycles. The van der Waals surface area contributed by atoms with E-state index >= 15 is 0 Å². The van der Waals surface area contributed by atoms with Gasteiger partial charge in [-0.05, 0) is 6.42 Å². The maximum atomic E-state index is 12.6. The number of phosphoric acid groups is 3. The first-order valence-corrected chi connectivity index (χ1v) is 22.1. The number of amides is 2. The monoisotopic (exact) mass is 883 g/mol. The number of hydrogen-bond acceptors (Lipinski definition) is 19. The van der Waals surface area contributed by atoms with Crippen molar-refractivity contribution in [3.8, 4) is 0 Å². The topological polar surface area (TPSA) is 384 Å². The van der Waals surface area contributed by atoms with Crippen LogP contribution in [0.4, 0.5) is 5.82 Å². The summed E-state index contributed by atoms with van der Waals surface area (Å²) in [7, 11) is -16.4. The van der Waals surface area contributed by atoms with Gasteiger partial charge in [0.25, 0.3) is 0 Å². The fraction of sp³-hybridized carbons (Fsp3) is 0.704. The number of nitrogens with two attached hydrogens (primary N) is 1. The highest BCUT2D eigenvalue weighted by atomic mass is 32.2. The number of thioether (sulfide) groups is 1. The van der Waals surface area contributed by atoms with Crippen molar-refractivity contribution >= 4 is 69.1 Å². The number of rotatable bonds is 21. The Kier molecular flexibility index (Phi) is 19.6. The van der Waals surface area contributed by atoms with E-state index in [2.05, 4.69) is 41.3 Å². The van der Waals surface area contributed by atoms with Crippen LogP contribution in [0.2, 0.25) is 0 Å². The van der Waals surface area contributed by atoms with Crippen molar-refractivity contribution in [2.45, 2.75) is 77.6 Å². The summed E-state index contributed by atoms with van der Waals surface area (Å²) in [6.45, 7) is 4.30. The second-order valence-corrected chi connectivity index (χ2v) is 18.0. The van der Waals surface area contributed by atoms with E-state index in [1.54, 1.807) is 0 Å². The number of carbonyl (C=O) groups excluding carboxylic acids is 3. The minimum atomic E-state index is -5.56. The molecule has 25 nitrogen and oxygen atoms in total. The summed E-state index contributed by atoms with van der Waals surface area (Å²) in [6, 6.07) is 0. The first kappa shape index (κ1) is 49.7. The van der Waals surface area contributed by atoms with Gasteiger partial charge in [0, 0.05) is 44.2 Å². The third-order valence-electron chi connectivity index (χ3n) is 7.32. The summed E-state index contributed by atoms with van der Waals surface area (Å²) < 4.78 is 61.8. The molecular formula is C27H48N7O18P3S. The Bertz CT molecular complexity index is 1760. The summed E-state index contributed by atoms with van der Waals surface area (Å²) in [5.74, 6) is -1.08. The van der Waals surface area contributed by atoms with Gasteiger partial charge in [0.15, 0.2) is 22.8 Å². The summed E-state index contributed by atoms with van der Waals surface area (Å²) in [5.41, 5.74) is 4.26. The molecule has 2 aromatic rings. The number of unbranched alkanes of at least 4 members (excludes halogenated alkanes) is 1. The molecule has 2 amide bonds. The smallest absolute Gasteiger partial charge is 0.396 e. The van der Waals surface area contributed by atoms with Crippen molar-refractivity contribution in [3.05, 3.63) is 12.7 Å². The van der Waals surface area contributed by atoms with Gasteiger partial charge >= 0.3 is 23.5 Å². The van der Waals surface area contributed by atoms with Gasteiger partial charge in [0.2, 0.25) is 11.8 Å². The number of hydrogen-bond donors (Lipinski definition) is 10. The van der Waals surface area contributed by atoms with Gasteiger partial charge < -0.3 is 56.0 Å². The van der Waals surface area contributed by atoms with E-state index in [-0.39, 0.29) is 41.6 Å². The zero-order chi connectivity index (χ0) is 42.5. The Hall–Kier alpha value is -2.48. The molecule has 0 spiro atoms. The molecule has 3 heterocycles. The lowest BCUT2D eigenvalue weighted by atomic mass is 9.87. The molecule has 0 aromatic carbocycles. The van der Waals surface area contributed by atoms with Crippen LogP contribution in [0.15, 0.2) is 12.7 Å². The lowest BCUT2D eigenvalue weighted by molar-refractivity contribution is -0.137. The number of carbonyl (C=O) groups is 3. The molecule has 1 saturated heterocycles. The Balaban J connectivity index is 0.00000203. The standard InChI is InChI=1S/C23H38N7O17P3S.C4H10O/c1-12(31)51-7-6-25-14(32)4-5-26-21(35)18(34)23(2,3)9-44-50(41,42)47-49(39,40)43-8-13-17(46-48(36,37)38)16(33)22(45-13)30-11-29-15-19(24)27-10-28-20(15)30;1-2-3-4-5/h10-11,13,16-18,22,33-34H,4-9H2,1-3H3,(H,25,32)(H,26,35)(H,39,40)(H,41,42)(H2,24,27,28)(H2,36,37,38);5H,2-4H2,1H3/t13-,16-,17-,18+,22-;/m1./s1. The van der Waals surface area contributed by atoms with E-state index in [9.17, 15) is 57.9 Å². The summed E-state index contributed by atoms with van der Waals surface area (Å²) in [6.07, 6.45) is -4.84. The van der Waals surface area contributed by atoms with Crippen LogP contribution < -0.4 is 16.4 Å². The average molecular weight is 884 g/mol. The number of fused-ring (bicyclic) bond motifs is 1. The third kappa shape index (κ3) is 16.4. The van der Waals surface area contributed by atoms with Gasteiger partial charge in [0.05, 0.1) is 19.5 Å². The normalized spacial score (nSPS) is 21.3. The van der Waals surface area contributed by atoms with E-state index in [1.807, 2.05) is 0 Å². The van der Waals surface area contributed by atoms with Gasteiger partial charge in [-0.1, -0.05) is 39.0 Å². The molecule has 3 rings (SSSR count). The van der Waals surface area contributed by atoms with Crippen molar-refractivity contribution < 1.29 is 85.6 Å². The molecule has 0 saturated carbocycles. The van der Waals surface area contributed by atoms with Gasteiger partial charge in [-0.3, -0.25) is 32.5 Å². The van der Waals surface area contributed by atoms with Crippen LogP contribution in [0.5, 0.6) is 0 Å². The van der Waals surface area contributed by atoms with E-state index in [0.717, 1.165) is 41.8 Å². The zero-order valence-corrected chi connectivity index (χ0v) is 34.1. The van der Waals surface area contributed by atoms with Gasteiger partial charge in [-0.2, -0.15) is 4.31 Å². The number of anilines is 1. The first-order valence-electron chi connectivity index (χ1n) is 16.6. The van der Waals surface area contributed by atoms with Gasteiger partial charge in [0.1, 0.15) is 36.3 Å². The summed E-state index contributed by atoms with van der Waals surface area (Å²) in [5, 5.41) is 34.1. The molecule has 0 radical (unpaired) electrons. The number of aromatic nitrogens is 4. The molecule has 56 heavy (non-hydrogen) atoms. The van der Waals surface area contributed by atoms with Crippen LogP contribution in [0.25, 0.3) is 11.2 Å². The zero-order valence-electron chi connectivity index (χ0n) is 30.6. The molecular weight excluding hydrogens is 835 g/mol. The van der Waals surface area contributed by atoms with Crippen LogP contribution in [0, 0.1) is 5.41 Å². The quantitative estimate of drug-likeness (QED) is 0.0556. The lowest BCUT2D eigenvalue weighted by Gasteiger charge is -2.30. The maximum absolute atomic E-state index is 12.6. The highest BCUT2D eigenvalue weighted by Gasteiger charge is 2.50. The Morgan fingerprint density at radius 2 is 1.73 bits per heavy atom. The maximum Gasteiger partial charge on any atom is 0.481 e. The number of nitrogen functional groups attached to an aromatic ring is 1. The van der Waals surface area contributed by atoms with Gasteiger partial charge in [-0.15, -0.1) is 0 Å². The fourth-order valence-corrected chi connectivity index (χ4v) is 7.80. The predicted molar refractivity (Wildman–Crippen MR) is 195 cm³/mol. The van der Waals surface area contributed by atoms with Crippen molar-refractivity contribution in [2.75, 3.05) is 44.4 Å². The highest BCUT2D eigenvalue weighted by Crippen LogP contribution is 2.61. The minimum absolute atomic E-state index is 0.0310. The van der Waals surface area contributed by atoms with Crippen molar-refractivity contribution in [1.29, 1.82) is 0 Å². The number of nitrogens with one attached hydrogen (secondary N) is 2. The molecule has 1 aliphatic rings. The fourth-order valence-electron chi connectivity index (χ4n) is 4.48. The van der Waals surface area contributed by atoms with E-state index in [0.29, 0.717) is 12.4 Å². The first-order chi connectivity index (χ1) is 25.9. The average Bonchev–Trinajstić information content (AvgIpc) is 3.65. The van der Waals surface area contributed by atoms with E-state index < -0.39 is 84.6 Å². The largest absolute Gasteiger partial charge is 0.481 e. The molecule has 2 aromatic heterocycles. The number of nitrogens with zero attached hydrogens (tertiary/aromatic N) is 4. The Morgan fingerprint density at radius 1 is 1.07 bits per heavy atom.